The Morgan fingerprint density at radius 1 is 1.85 bits per heavy atom. The molecule has 0 saturated carbocycles. The summed E-state index contributed by atoms with van der Waals surface area (Å²) in [6.45, 7) is 0.455. The molecule has 74 valence electrons. The SMILES string of the molecule is O=C(O)[C@H](CS)N1CC(Br)CC1=O. The second kappa shape index (κ2) is 4.32. The van der Waals surface area contributed by atoms with Crippen LogP contribution in [0.1, 0.15) is 6.42 Å². The number of nitrogens with zero attached hydrogens (tertiary/aromatic N) is 1. The van der Waals surface area contributed by atoms with Gasteiger partial charge in [0.1, 0.15) is 6.04 Å². The maximum absolute atomic E-state index is 11.3. The quantitative estimate of drug-likeness (QED) is 0.574. The Labute approximate surface area is 89.8 Å². The maximum atomic E-state index is 11.3. The summed E-state index contributed by atoms with van der Waals surface area (Å²) in [6.07, 6.45) is 0.373. The summed E-state index contributed by atoms with van der Waals surface area (Å²) in [5.41, 5.74) is 0. The van der Waals surface area contributed by atoms with Crippen LogP contribution < -0.4 is 0 Å². The van der Waals surface area contributed by atoms with Gasteiger partial charge in [0.2, 0.25) is 5.91 Å². The molecular formula is C7H10BrNO3S. The summed E-state index contributed by atoms with van der Waals surface area (Å²) < 4.78 is 0. The number of halogens is 1. The van der Waals surface area contributed by atoms with Gasteiger partial charge in [-0.1, -0.05) is 15.9 Å². The van der Waals surface area contributed by atoms with Crippen molar-refractivity contribution in [3.8, 4) is 0 Å². The van der Waals surface area contributed by atoms with Crippen LogP contribution in [0.3, 0.4) is 0 Å². The minimum absolute atomic E-state index is 0.0710. The second-order valence-corrected chi connectivity index (χ2v) is 4.54. The van der Waals surface area contributed by atoms with E-state index in [1.54, 1.807) is 0 Å². The van der Waals surface area contributed by atoms with Gasteiger partial charge >= 0.3 is 5.97 Å². The molecule has 1 aliphatic rings. The first-order valence-electron chi connectivity index (χ1n) is 3.83. The number of amides is 1. The van der Waals surface area contributed by atoms with Crippen LogP contribution in [0.5, 0.6) is 0 Å². The number of likely N-dealkylation sites (tertiary alicyclic amines) is 1. The summed E-state index contributed by atoms with van der Waals surface area (Å²) in [5.74, 6) is -0.964. The first-order valence-corrected chi connectivity index (χ1v) is 5.38. The Kier molecular flexibility index (Phi) is 3.61. The van der Waals surface area contributed by atoms with E-state index in [2.05, 4.69) is 28.6 Å². The molecule has 4 nitrogen and oxygen atoms in total. The normalized spacial score (nSPS) is 24.9. The summed E-state index contributed by atoms with van der Waals surface area (Å²) in [4.78, 5) is 23.4. The first kappa shape index (κ1) is 10.8. The summed E-state index contributed by atoms with van der Waals surface area (Å²) in [6, 6.07) is -0.793. The van der Waals surface area contributed by atoms with E-state index in [1.165, 1.54) is 4.90 Å². The average molecular weight is 268 g/mol. The standard InChI is InChI=1S/C7H10BrNO3S/c8-4-1-6(10)9(2-4)5(3-13)7(11)12/h4-5,13H,1-3H2,(H,11,12)/t4?,5-/m0/s1. The van der Waals surface area contributed by atoms with E-state index in [0.717, 1.165) is 0 Å². The summed E-state index contributed by atoms with van der Waals surface area (Å²) >= 11 is 7.20. The van der Waals surface area contributed by atoms with Gasteiger partial charge in [0.05, 0.1) is 0 Å². The van der Waals surface area contributed by atoms with Gasteiger partial charge in [-0.15, -0.1) is 0 Å². The molecule has 1 amide bonds. The highest BCUT2D eigenvalue weighted by molar-refractivity contribution is 9.09. The summed E-state index contributed by atoms with van der Waals surface area (Å²) in [7, 11) is 0. The Morgan fingerprint density at radius 3 is 2.77 bits per heavy atom. The number of rotatable bonds is 3. The molecule has 0 spiro atoms. The lowest BCUT2D eigenvalue weighted by Crippen LogP contribution is -2.43. The van der Waals surface area contributed by atoms with Gasteiger partial charge in [-0.05, 0) is 0 Å². The van der Waals surface area contributed by atoms with E-state index in [-0.39, 0.29) is 16.5 Å². The first-order chi connectivity index (χ1) is 6.06. The zero-order chi connectivity index (χ0) is 10.0. The number of aliphatic carboxylic acids is 1. The number of carboxylic acid groups (broad SMARTS) is 1. The number of carboxylic acids is 1. The Morgan fingerprint density at radius 2 is 2.46 bits per heavy atom. The summed E-state index contributed by atoms with van der Waals surface area (Å²) in [5, 5.41) is 8.78. The fraction of sp³-hybridized carbons (Fsp3) is 0.714. The van der Waals surface area contributed by atoms with Crippen LogP contribution in [0.15, 0.2) is 0 Å². The van der Waals surface area contributed by atoms with Crippen LogP contribution in [0.4, 0.5) is 0 Å². The number of thiol groups is 1. The predicted molar refractivity (Wildman–Crippen MR) is 54.3 cm³/mol. The van der Waals surface area contributed by atoms with E-state index in [0.29, 0.717) is 13.0 Å². The van der Waals surface area contributed by atoms with Crippen molar-refractivity contribution < 1.29 is 14.7 Å². The van der Waals surface area contributed by atoms with E-state index in [4.69, 9.17) is 5.11 Å². The van der Waals surface area contributed by atoms with E-state index < -0.39 is 12.0 Å². The Hall–Kier alpha value is -0.230. The lowest BCUT2D eigenvalue weighted by atomic mass is 10.3. The van der Waals surface area contributed by atoms with Crippen LogP contribution in [-0.2, 0) is 9.59 Å². The van der Waals surface area contributed by atoms with Crippen molar-refractivity contribution >= 4 is 40.4 Å². The Balaban J connectivity index is 2.69. The van der Waals surface area contributed by atoms with E-state index in [9.17, 15) is 9.59 Å². The van der Waals surface area contributed by atoms with Gasteiger partial charge < -0.3 is 10.0 Å². The third-order valence-electron chi connectivity index (χ3n) is 1.95. The van der Waals surface area contributed by atoms with Crippen molar-refractivity contribution in [2.45, 2.75) is 17.3 Å². The largest absolute Gasteiger partial charge is 0.480 e. The van der Waals surface area contributed by atoms with Gasteiger partial charge in [-0.2, -0.15) is 12.6 Å². The molecule has 0 aromatic rings. The van der Waals surface area contributed by atoms with Gasteiger partial charge in [0, 0.05) is 23.5 Å². The van der Waals surface area contributed by atoms with Gasteiger partial charge in [-0.25, -0.2) is 4.79 Å². The zero-order valence-corrected chi connectivity index (χ0v) is 9.29. The minimum atomic E-state index is -0.995. The Bertz CT molecular complexity index is 236. The number of hydrogen-bond donors (Lipinski definition) is 2. The molecular weight excluding hydrogens is 258 g/mol. The van der Waals surface area contributed by atoms with Crippen LogP contribution in [0.2, 0.25) is 0 Å². The number of alkyl halides is 1. The molecule has 1 aliphatic heterocycles. The molecule has 1 unspecified atom stereocenters. The van der Waals surface area contributed by atoms with Gasteiger partial charge in [0.25, 0.3) is 0 Å². The van der Waals surface area contributed by atoms with Crippen molar-refractivity contribution in [1.29, 1.82) is 0 Å². The number of hydrogen-bond acceptors (Lipinski definition) is 3. The lowest BCUT2D eigenvalue weighted by molar-refractivity contribution is -0.147. The zero-order valence-electron chi connectivity index (χ0n) is 6.81. The molecule has 13 heavy (non-hydrogen) atoms. The molecule has 2 atom stereocenters. The predicted octanol–water partition coefficient (Wildman–Crippen LogP) is 0.365. The topological polar surface area (TPSA) is 57.6 Å². The van der Waals surface area contributed by atoms with E-state index in [1.807, 2.05) is 0 Å². The maximum Gasteiger partial charge on any atom is 0.327 e. The highest BCUT2D eigenvalue weighted by atomic mass is 79.9. The molecule has 0 radical (unpaired) electrons. The van der Waals surface area contributed by atoms with Crippen molar-refractivity contribution in [3.05, 3.63) is 0 Å². The molecule has 1 fully saturated rings. The fourth-order valence-electron chi connectivity index (χ4n) is 1.30. The van der Waals surface area contributed by atoms with Gasteiger partial charge in [-0.3, -0.25) is 4.79 Å². The fourth-order valence-corrected chi connectivity index (χ4v) is 2.24. The van der Waals surface area contributed by atoms with Crippen molar-refractivity contribution in [2.75, 3.05) is 12.3 Å². The third-order valence-corrected chi connectivity index (χ3v) is 2.90. The smallest absolute Gasteiger partial charge is 0.327 e. The van der Waals surface area contributed by atoms with Crippen molar-refractivity contribution in [3.63, 3.8) is 0 Å². The van der Waals surface area contributed by atoms with Crippen molar-refractivity contribution in [2.24, 2.45) is 0 Å². The van der Waals surface area contributed by atoms with Crippen LogP contribution >= 0.6 is 28.6 Å². The highest BCUT2D eigenvalue weighted by Gasteiger charge is 2.35. The van der Waals surface area contributed by atoms with E-state index >= 15 is 0 Å². The monoisotopic (exact) mass is 267 g/mol. The molecule has 6 heteroatoms. The third kappa shape index (κ3) is 2.37. The number of carbonyl (C=O) groups is 2. The molecule has 0 bridgehead atoms. The van der Waals surface area contributed by atoms with Gasteiger partial charge in [0.15, 0.2) is 0 Å². The lowest BCUT2D eigenvalue weighted by Gasteiger charge is -2.22. The molecule has 0 aromatic heterocycles. The molecule has 1 rings (SSSR count). The molecule has 1 N–H and O–H groups in total. The average Bonchev–Trinajstić information content (AvgIpc) is 2.31. The number of carbonyl (C=O) groups excluding carboxylic acids is 1. The molecule has 1 heterocycles. The molecule has 0 aromatic carbocycles. The van der Waals surface area contributed by atoms with Crippen molar-refractivity contribution in [1.82, 2.24) is 4.90 Å². The second-order valence-electron chi connectivity index (χ2n) is 2.88. The minimum Gasteiger partial charge on any atom is -0.480 e. The van der Waals surface area contributed by atoms with Crippen LogP contribution in [-0.4, -0.2) is 45.0 Å². The molecule has 1 saturated heterocycles. The van der Waals surface area contributed by atoms with Crippen LogP contribution in [0, 0.1) is 0 Å². The van der Waals surface area contributed by atoms with Crippen LogP contribution in [0.25, 0.3) is 0 Å². The molecule has 0 aliphatic carbocycles. The highest BCUT2D eigenvalue weighted by Crippen LogP contribution is 2.20.